The predicted molar refractivity (Wildman–Crippen MR) is 71.3 cm³/mol. The van der Waals surface area contributed by atoms with Crippen molar-refractivity contribution in [1.29, 1.82) is 0 Å². The van der Waals surface area contributed by atoms with Crippen LogP contribution in [-0.4, -0.2) is 11.1 Å². The maximum Gasteiger partial charge on any atom is 0.416 e. The summed E-state index contributed by atoms with van der Waals surface area (Å²) in [6.45, 7) is 0. The maximum absolute atomic E-state index is 12.5. The third-order valence-electron chi connectivity index (χ3n) is 2.61. The minimum atomic E-state index is -4.43. The van der Waals surface area contributed by atoms with Gasteiger partial charge in [-0.05, 0) is 46.2 Å². The van der Waals surface area contributed by atoms with Crippen LogP contribution in [0.15, 0.2) is 41.1 Å². The summed E-state index contributed by atoms with van der Waals surface area (Å²) in [5.41, 5.74) is 0.0858. The summed E-state index contributed by atoms with van der Waals surface area (Å²) in [4.78, 5) is 11.2. The molecule has 0 fully saturated rings. The van der Waals surface area contributed by atoms with Gasteiger partial charge in [0.25, 0.3) is 0 Å². The predicted octanol–water partition coefficient (Wildman–Crippen LogP) is 4.39. The molecule has 0 aliphatic carbocycles. The third-order valence-corrected chi connectivity index (χ3v) is 3.31. The number of carbonyl (C=O) groups is 1. The summed E-state index contributed by atoms with van der Waals surface area (Å²) in [5.74, 6) is -1.18. The zero-order valence-electron chi connectivity index (χ0n) is 10.0. The van der Waals surface area contributed by atoms with Crippen molar-refractivity contribution in [2.24, 2.45) is 0 Å². The van der Waals surface area contributed by atoms with Gasteiger partial charge in [-0.2, -0.15) is 24.5 Å². The summed E-state index contributed by atoms with van der Waals surface area (Å²) >= 11 is 1.41. The highest BCUT2D eigenvalue weighted by Crippen LogP contribution is 2.30. The topological polar surface area (TPSA) is 37.3 Å². The molecule has 6 heteroatoms. The molecule has 2 nitrogen and oxygen atoms in total. The first-order valence-corrected chi connectivity index (χ1v) is 6.47. The molecular formula is C14H9F3O2S. The third kappa shape index (κ3) is 3.27. The number of hydrogen-bond acceptors (Lipinski definition) is 2. The number of hydrogen-bond donors (Lipinski definition) is 1. The van der Waals surface area contributed by atoms with Crippen LogP contribution in [0.5, 0.6) is 0 Å². The van der Waals surface area contributed by atoms with Gasteiger partial charge in [0.1, 0.15) is 0 Å². The van der Waals surface area contributed by atoms with Gasteiger partial charge in [-0.25, -0.2) is 4.79 Å². The second-order valence-electron chi connectivity index (χ2n) is 3.99. The van der Waals surface area contributed by atoms with Crippen molar-refractivity contribution in [2.45, 2.75) is 6.18 Å². The molecule has 0 aliphatic heterocycles. The quantitative estimate of drug-likeness (QED) is 0.853. The van der Waals surface area contributed by atoms with E-state index < -0.39 is 17.7 Å². The smallest absolute Gasteiger partial charge is 0.416 e. The van der Waals surface area contributed by atoms with E-state index in [0.29, 0.717) is 5.56 Å². The molecule has 0 amide bonds. The van der Waals surface area contributed by atoms with Gasteiger partial charge >= 0.3 is 12.1 Å². The summed E-state index contributed by atoms with van der Waals surface area (Å²) in [6, 6.07) is 5.81. The van der Waals surface area contributed by atoms with Gasteiger partial charge in [0.15, 0.2) is 0 Å². The first-order chi connectivity index (χ1) is 9.38. The Morgan fingerprint density at radius 2 is 1.80 bits per heavy atom. The van der Waals surface area contributed by atoms with Crippen molar-refractivity contribution in [2.75, 3.05) is 0 Å². The summed E-state index contributed by atoms with van der Waals surface area (Å²) in [5, 5.41) is 12.7. The highest BCUT2D eigenvalue weighted by molar-refractivity contribution is 7.08. The molecule has 1 heterocycles. The molecule has 0 radical (unpaired) electrons. The van der Waals surface area contributed by atoms with Gasteiger partial charge < -0.3 is 5.11 Å². The molecule has 1 aromatic carbocycles. The van der Waals surface area contributed by atoms with Crippen LogP contribution in [0.1, 0.15) is 16.7 Å². The Hall–Kier alpha value is -2.08. The van der Waals surface area contributed by atoms with E-state index in [-0.39, 0.29) is 11.1 Å². The number of rotatable bonds is 3. The zero-order valence-corrected chi connectivity index (χ0v) is 10.8. The Kier molecular flexibility index (Phi) is 3.94. The molecular weight excluding hydrogens is 289 g/mol. The number of alkyl halides is 3. The van der Waals surface area contributed by atoms with Gasteiger partial charge in [-0.3, -0.25) is 0 Å². The molecule has 1 N–H and O–H groups in total. The largest absolute Gasteiger partial charge is 0.478 e. The van der Waals surface area contributed by atoms with Gasteiger partial charge in [0.05, 0.1) is 11.1 Å². The second-order valence-corrected chi connectivity index (χ2v) is 4.77. The lowest BCUT2D eigenvalue weighted by Gasteiger charge is -2.08. The van der Waals surface area contributed by atoms with E-state index in [1.165, 1.54) is 17.4 Å². The van der Waals surface area contributed by atoms with Crippen molar-refractivity contribution < 1.29 is 23.1 Å². The molecule has 0 bridgehead atoms. The normalized spacial score (nSPS) is 12.4. The summed E-state index contributed by atoms with van der Waals surface area (Å²) in [6.07, 6.45) is -3.00. The Labute approximate surface area is 116 Å². The number of carboxylic acid groups (broad SMARTS) is 1. The van der Waals surface area contributed by atoms with Crippen LogP contribution in [0.4, 0.5) is 13.2 Å². The number of thiophene rings is 1. The number of carboxylic acids is 1. The van der Waals surface area contributed by atoms with E-state index in [9.17, 15) is 18.0 Å². The molecule has 0 spiro atoms. The molecule has 104 valence electrons. The van der Waals surface area contributed by atoms with Crippen molar-refractivity contribution in [1.82, 2.24) is 0 Å². The average molecular weight is 298 g/mol. The van der Waals surface area contributed by atoms with Crippen LogP contribution in [0.2, 0.25) is 0 Å². The molecule has 1 aromatic heterocycles. The van der Waals surface area contributed by atoms with Crippen LogP contribution in [-0.2, 0) is 11.0 Å². The van der Waals surface area contributed by atoms with Crippen molar-refractivity contribution in [3.05, 3.63) is 57.8 Å². The van der Waals surface area contributed by atoms with Crippen LogP contribution in [0.25, 0.3) is 11.6 Å². The van der Waals surface area contributed by atoms with E-state index in [2.05, 4.69) is 0 Å². The fourth-order valence-electron chi connectivity index (χ4n) is 1.63. The van der Waals surface area contributed by atoms with Crippen LogP contribution < -0.4 is 0 Å². The number of halogens is 3. The highest BCUT2D eigenvalue weighted by atomic mass is 32.1. The van der Waals surface area contributed by atoms with E-state index in [0.717, 1.165) is 24.3 Å². The minimum Gasteiger partial charge on any atom is -0.478 e. The van der Waals surface area contributed by atoms with E-state index in [1.54, 1.807) is 16.8 Å². The molecule has 0 atom stereocenters. The van der Waals surface area contributed by atoms with Crippen LogP contribution in [0.3, 0.4) is 0 Å². The second kappa shape index (κ2) is 5.50. The van der Waals surface area contributed by atoms with Gasteiger partial charge in [-0.15, -0.1) is 0 Å². The minimum absolute atomic E-state index is 0.0443. The Bertz CT molecular complexity index is 625. The Morgan fingerprint density at radius 1 is 1.15 bits per heavy atom. The maximum atomic E-state index is 12.5. The van der Waals surface area contributed by atoms with Crippen molar-refractivity contribution in [3.63, 3.8) is 0 Å². The fraction of sp³-hybridized carbons (Fsp3) is 0.0714. The van der Waals surface area contributed by atoms with Gasteiger partial charge in [0.2, 0.25) is 0 Å². The lowest BCUT2D eigenvalue weighted by molar-refractivity contribution is -0.137. The molecule has 2 rings (SSSR count). The number of benzene rings is 1. The molecule has 2 aromatic rings. The lowest BCUT2D eigenvalue weighted by atomic mass is 10.0. The van der Waals surface area contributed by atoms with Gasteiger partial charge in [0, 0.05) is 0 Å². The monoisotopic (exact) mass is 298 g/mol. The average Bonchev–Trinajstić information content (AvgIpc) is 2.87. The molecule has 0 saturated heterocycles. The van der Waals surface area contributed by atoms with Crippen molar-refractivity contribution >= 4 is 29.0 Å². The Morgan fingerprint density at radius 3 is 2.25 bits per heavy atom. The first-order valence-electron chi connectivity index (χ1n) is 5.53. The van der Waals surface area contributed by atoms with Crippen LogP contribution >= 0.6 is 11.3 Å². The summed E-state index contributed by atoms with van der Waals surface area (Å²) < 4.78 is 37.4. The molecule has 0 aliphatic rings. The molecule has 0 saturated carbocycles. The SMILES string of the molecule is O=C(O)/C(=C/c1ccsc1)c1ccc(C(F)(F)F)cc1. The first kappa shape index (κ1) is 14.3. The lowest BCUT2D eigenvalue weighted by Crippen LogP contribution is -2.05. The van der Waals surface area contributed by atoms with Crippen molar-refractivity contribution in [3.8, 4) is 0 Å². The zero-order chi connectivity index (χ0) is 14.8. The highest BCUT2D eigenvalue weighted by Gasteiger charge is 2.30. The molecule has 0 unspecified atom stereocenters. The standard InChI is InChI=1S/C14H9F3O2S/c15-14(16,17)11-3-1-10(2-4-11)12(13(18)19)7-9-5-6-20-8-9/h1-8H,(H,18,19)/b12-7+. The summed E-state index contributed by atoms with van der Waals surface area (Å²) in [7, 11) is 0. The van der Waals surface area contributed by atoms with E-state index >= 15 is 0 Å². The van der Waals surface area contributed by atoms with Crippen LogP contribution in [0, 0.1) is 0 Å². The van der Waals surface area contributed by atoms with E-state index in [1.807, 2.05) is 0 Å². The number of aliphatic carboxylic acids is 1. The fourth-order valence-corrected chi connectivity index (χ4v) is 2.25. The van der Waals surface area contributed by atoms with E-state index in [4.69, 9.17) is 5.11 Å². The molecule has 20 heavy (non-hydrogen) atoms. The Balaban J connectivity index is 2.39. The van der Waals surface area contributed by atoms with Gasteiger partial charge in [-0.1, -0.05) is 12.1 Å².